The number of aliphatic hydroxyl groups is 1. The van der Waals surface area contributed by atoms with Gasteiger partial charge >= 0.3 is 0 Å². The number of aryl methyl sites for hydroxylation is 3. The molecular weight excluding hydrogens is 232 g/mol. The van der Waals surface area contributed by atoms with Crippen molar-refractivity contribution in [3.05, 3.63) is 70.8 Å². The fraction of sp³-hybridized carbons (Fsp3) is 0.333. The van der Waals surface area contributed by atoms with E-state index in [9.17, 15) is 5.11 Å². The van der Waals surface area contributed by atoms with Gasteiger partial charge in [-0.1, -0.05) is 48.5 Å². The molecule has 0 saturated carbocycles. The van der Waals surface area contributed by atoms with E-state index in [-0.39, 0.29) is 6.10 Å². The van der Waals surface area contributed by atoms with E-state index in [1.54, 1.807) is 0 Å². The molecule has 0 amide bonds. The summed E-state index contributed by atoms with van der Waals surface area (Å²) in [5, 5.41) is 10.2. The number of benzene rings is 2. The highest BCUT2D eigenvalue weighted by Crippen LogP contribution is 2.15. The number of rotatable bonds is 5. The Kier molecular flexibility index (Phi) is 4.75. The summed E-state index contributed by atoms with van der Waals surface area (Å²) in [6, 6.07) is 16.7. The second kappa shape index (κ2) is 6.53. The molecule has 1 unspecified atom stereocenters. The van der Waals surface area contributed by atoms with Crippen LogP contribution in [-0.4, -0.2) is 11.2 Å². The van der Waals surface area contributed by atoms with Crippen LogP contribution >= 0.6 is 0 Å². The molecule has 19 heavy (non-hydrogen) atoms. The molecule has 2 rings (SSSR count). The van der Waals surface area contributed by atoms with Crippen LogP contribution in [0.15, 0.2) is 48.5 Å². The van der Waals surface area contributed by atoms with E-state index in [0.717, 1.165) is 19.3 Å². The first-order chi connectivity index (χ1) is 9.16. The van der Waals surface area contributed by atoms with Gasteiger partial charge < -0.3 is 5.11 Å². The van der Waals surface area contributed by atoms with Gasteiger partial charge in [-0.05, 0) is 55.4 Å². The molecule has 2 aromatic rings. The van der Waals surface area contributed by atoms with Crippen LogP contribution in [0.25, 0.3) is 0 Å². The third kappa shape index (κ3) is 3.93. The Hall–Kier alpha value is -1.60. The lowest BCUT2D eigenvalue weighted by atomic mass is 9.97. The molecule has 0 aliphatic carbocycles. The zero-order valence-corrected chi connectivity index (χ0v) is 11.8. The van der Waals surface area contributed by atoms with Gasteiger partial charge in [0.25, 0.3) is 0 Å². The van der Waals surface area contributed by atoms with Crippen molar-refractivity contribution >= 4 is 0 Å². The molecule has 0 fully saturated rings. The maximum Gasteiger partial charge on any atom is 0.0583 e. The molecule has 2 aromatic carbocycles. The third-order valence-corrected chi connectivity index (χ3v) is 3.72. The van der Waals surface area contributed by atoms with Crippen LogP contribution in [0.4, 0.5) is 0 Å². The first-order valence-corrected chi connectivity index (χ1v) is 6.94. The van der Waals surface area contributed by atoms with Crippen LogP contribution in [0.2, 0.25) is 0 Å². The predicted molar refractivity (Wildman–Crippen MR) is 80.4 cm³/mol. The summed E-state index contributed by atoms with van der Waals surface area (Å²) in [7, 11) is 0. The molecule has 0 saturated heterocycles. The average molecular weight is 254 g/mol. The van der Waals surface area contributed by atoms with Crippen molar-refractivity contribution in [2.75, 3.05) is 0 Å². The minimum Gasteiger partial charge on any atom is -0.393 e. The van der Waals surface area contributed by atoms with Gasteiger partial charge in [-0.15, -0.1) is 0 Å². The topological polar surface area (TPSA) is 20.2 Å². The lowest BCUT2D eigenvalue weighted by molar-refractivity contribution is 0.165. The summed E-state index contributed by atoms with van der Waals surface area (Å²) < 4.78 is 0. The van der Waals surface area contributed by atoms with Gasteiger partial charge in [-0.2, -0.15) is 0 Å². The molecule has 1 nitrogen and oxygen atoms in total. The molecule has 0 heterocycles. The first kappa shape index (κ1) is 13.8. The van der Waals surface area contributed by atoms with Gasteiger partial charge in [0.1, 0.15) is 0 Å². The largest absolute Gasteiger partial charge is 0.393 e. The fourth-order valence-corrected chi connectivity index (χ4v) is 2.41. The second-order valence-corrected chi connectivity index (χ2v) is 5.25. The van der Waals surface area contributed by atoms with Crippen LogP contribution in [0.3, 0.4) is 0 Å². The summed E-state index contributed by atoms with van der Waals surface area (Å²) >= 11 is 0. The first-order valence-electron chi connectivity index (χ1n) is 6.94. The lowest BCUT2D eigenvalue weighted by Gasteiger charge is -2.13. The summed E-state index contributed by atoms with van der Waals surface area (Å²) in [5.41, 5.74) is 5.16. The minimum absolute atomic E-state index is 0.263. The average Bonchev–Trinajstić information content (AvgIpc) is 2.40. The van der Waals surface area contributed by atoms with Crippen LogP contribution < -0.4 is 0 Å². The van der Waals surface area contributed by atoms with E-state index >= 15 is 0 Å². The third-order valence-electron chi connectivity index (χ3n) is 3.72. The number of hydrogen-bond donors (Lipinski definition) is 1. The Morgan fingerprint density at radius 2 is 1.37 bits per heavy atom. The van der Waals surface area contributed by atoms with Gasteiger partial charge in [0.15, 0.2) is 0 Å². The summed E-state index contributed by atoms with van der Waals surface area (Å²) in [6.45, 7) is 4.23. The molecule has 100 valence electrons. The van der Waals surface area contributed by atoms with E-state index in [1.807, 2.05) is 12.1 Å². The van der Waals surface area contributed by atoms with Crippen LogP contribution in [0.5, 0.6) is 0 Å². The monoisotopic (exact) mass is 254 g/mol. The highest BCUT2D eigenvalue weighted by molar-refractivity contribution is 5.27. The Morgan fingerprint density at radius 1 is 0.842 bits per heavy atom. The molecule has 0 aromatic heterocycles. The van der Waals surface area contributed by atoms with E-state index in [4.69, 9.17) is 0 Å². The molecule has 0 radical (unpaired) electrons. The van der Waals surface area contributed by atoms with Crippen molar-refractivity contribution in [1.82, 2.24) is 0 Å². The van der Waals surface area contributed by atoms with Gasteiger partial charge in [0.05, 0.1) is 6.10 Å². The van der Waals surface area contributed by atoms with Crippen molar-refractivity contribution in [1.29, 1.82) is 0 Å². The molecule has 1 N–H and O–H groups in total. The molecule has 0 aliphatic heterocycles. The van der Waals surface area contributed by atoms with Crippen LogP contribution in [-0.2, 0) is 12.8 Å². The predicted octanol–water partition coefficient (Wildman–Crippen LogP) is 3.84. The van der Waals surface area contributed by atoms with E-state index < -0.39 is 0 Å². The zero-order valence-electron chi connectivity index (χ0n) is 11.8. The van der Waals surface area contributed by atoms with Crippen molar-refractivity contribution in [3.63, 3.8) is 0 Å². The van der Waals surface area contributed by atoms with Gasteiger partial charge in [0, 0.05) is 0 Å². The van der Waals surface area contributed by atoms with E-state index in [1.165, 1.54) is 22.3 Å². The van der Waals surface area contributed by atoms with Crippen molar-refractivity contribution in [3.8, 4) is 0 Å². The van der Waals surface area contributed by atoms with E-state index in [2.05, 4.69) is 50.2 Å². The standard InChI is InChI=1S/C18H22O/c1-14-7-3-5-9-16(14)11-12-18(19)13-17-10-6-4-8-15(17)2/h3-10,18-19H,11-13H2,1-2H3. The maximum absolute atomic E-state index is 10.2. The lowest BCUT2D eigenvalue weighted by Crippen LogP contribution is -2.12. The minimum atomic E-state index is -0.263. The van der Waals surface area contributed by atoms with Gasteiger partial charge in [-0.3, -0.25) is 0 Å². The Balaban J connectivity index is 1.90. The highest BCUT2D eigenvalue weighted by atomic mass is 16.3. The Labute approximate surface area is 115 Å². The zero-order chi connectivity index (χ0) is 13.7. The molecule has 0 spiro atoms. The molecule has 1 atom stereocenters. The molecule has 0 bridgehead atoms. The molecule has 0 aliphatic rings. The van der Waals surface area contributed by atoms with Crippen molar-refractivity contribution < 1.29 is 5.11 Å². The fourth-order valence-electron chi connectivity index (χ4n) is 2.41. The van der Waals surface area contributed by atoms with Gasteiger partial charge in [-0.25, -0.2) is 0 Å². The second-order valence-electron chi connectivity index (χ2n) is 5.25. The Bertz CT molecular complexity index is 531. The summed E-state index contributed by atoms with van der Waals surface area (Å²) in [4.78, 5) is 0. The SMILES string of the molecule is Cc1ccccc1CCC(O)Cc1ccccc1C. The van der Waals surface area contributed by atoms with Crippen LogP contribution in [0.1, 0.15) is 28.7 Å². The number of hydrogen-bond acceptors (Lipinski definition) is 1. The smallest absolute Gasteiger partial charge is 0.0583 e. The van der Waals surface area contributed by atoms with Crippen molar-refractivity contribution in [2.45, 2.75) is 39.2 Å². The highest BCUT2D eigenvalue weighted by Gasteiger charge is 2.08. The van der Waals surface area contributed by atoms with Gasteiger partial charge in [0.2, 0.25) is 0 Å². The van der Waals surface area contributed by atoms with Crippen LogP contribution in [0, 0.1) is 13.8 Å². The molecular formula is C18H22O. The maximum atomic E-state index is 10.2. The van der Waals surface area contributed by atoms with E-state index in [0.29, 0.717) is 0 Å². The normalized spacial score (nSPS) is 12.4. The molecule has 1 heteroatoms. The quantitative estimate of drug-likeness (QED) is 0.859. The Morgan fingerprint density at radius 3 is 1.95 bits per heavy atom. The number of aliphatic hydroxyl groups excluding tert-OH is 1. The summed E-state index contributed by atoms with van der Waals surface area (Å²) in [6.07, 6.45) is 2.25. The summed E-state index contributed by atoms with van der Waals surface area (Å²) in [5.74, 6) is 0. The van der Waals surface area contributed by atoms with Crippen molar-refractivity contribution in [2.24, 2.45) is 0 Å².